The van der Waals surface area contributed by atoms with Crippen LogP contribution in [0.15, 0.2) is 65.3 Å². The zero-order valence-electron chi connectivity index (χ0n) is 13.3. The molecule has 1 heterocycles. The van der Waals surface area contributed by atoms with Gasteiger partial charge in [0.25, 0.3) is 5.91 Å². The molecule has 1 amide bonds. The number of benzene rings is 2. The number of halogens is 2. The second kappa shape index (κ2) is 8.23. The number of anilines is 3. The fourth-order valence-corrected chi connectivity index (χ4v) is 2.92. The van der Waals surface area contributed by atoms with Crippen LogP contribution < -0.4 is 16.0 Å². The third kappa shape index (κ3) is 4.98. The molecule has 5 nitrogen and oxygen atoms in total. The Morgan fingerprint density at radius 2 is 1.42 bits per heavy atom. The van der Waals surface area contributed by atoms with Crippen molar-refractivity contribution in [3.05, 3.63) is 76.7 Å². The maximum atomic E-state index is 11.9. The van der Waals surface area contributed by atoms with Crippen LogP contribution in [0.3, 0.4) is 0 Å². The van der Waals surface area contributed by atoms with Crippen LogP contribution in [0.4, 0.5) is 17.1 Å². The van der Waals surface area contributed by atoms with E-state index in [9.17, 15) is 4.79 Å². The van der Waals surface area contributed by atoms with Crippen molar-refractivity contribution < 1.29 is 9.21 Å². The minimum atomic E-state index is -0.314. The number of hydrogen-bond donors (Lipinski definition) is 3. The standard InChI is InChI=1S/C18H13Cl2N3O2S/c19-11-8-12(20)10-15(9-11)23-18(26)22-14-5-3-13(4-6-14)21-17(24)16-2-1-7-25-16/h1-10H,(H,21,24)(H2,22,23,26). The van der Waals surface area contributed by atoms with Crippen molar-refractivity contribution in [2.24, 2.45) is 0 Å². The fraction of sp³-hybridized carbons (Fsp3) is 0. The molecule has 3 rings (SSSR count). The zero-order chi connectivity index (χ0) is 18.5. The minimum Gasteiger partial charge on any atom is -0.459 e. The highest BCUT2D eigenvalue weighted by atomic mass is 35.5. The number of nitrogens with one attached hydrogen (secondary N) is 3. The van der Waals surface area contributed by atoms with Crippen molar-refractivity contribution in [1.29, 1.82) is 0 Å². The van der Waals surface area contributed by atoms with Crippen molar-refractivity contribution in [3.8, 4) is 0 Å². The Hall–Kier alpha value is -2.54. The summed E-state index contributed by atoms with van der Waals surface area (Å²) in [7, 11) is 0. The van der Waals surface area contributed by atoms with Gasteiger partial charge in [0.05, 0.1) is 6.26 Å². The molecule has 0 bridgehead atoms. The van der Waals surface area contributed by atoms with Crippen molar-refractivity contribution in [1.82, 2.24) is 0 Å². The Kier molecular flexibility index (Phi) is 5.78. The fourth-order valence-electron chi connectivity index (χ4n) is 2.16. The predicted molar refractivity (Wildman–Crippen MR) is 109 cm³/mol. The first-order valence-corrected chi connectivity index (χ1v) is 8.65. The molecule has 2 aromatic carbocycles. The lowest BCUT2D eigenvalue weighted by molar-refractivity contribution is 0.0996. The van der Waals surface area contributed by atoms with E-state index in [4.69, 9.17) is 39.8 Å². The number of carbonyl (C=O) groups is 1. The summed E-state index contributed by atoms with van der Waals surface area (Å²) in [6.45, 7) is 0. The molecule has 132 valence electrons. The van der Waals surface area contributed by atoms with E-state index >= 15 is 0 Å². The van der Waals surface area contributed by atoms with Crippen LogP contribution in [0.2, 0.25) is 10.0 Å². The van der Waals surface area contributed by atoms with Gasteiger partial charge in [-0.2, -0.15) is 0 Å². The summed E-state index contributed by atoms with van der Waals surface area (Å²) in [5, 5.41) is 10.2. The first-order chi connectivity index (χ1) is 12.5. The highest BCUT2D eigenvalue weighted by molar-refractivity contribution is 7.80. The van der Waals surface area contributed by atoms with Gasteiger partial charge in [0, 0.05) is 27.1 Å². The third-order valence-electron chi connectivity index (χ3n) is 3.27. The summed E-state index contributed by atoms with van der Waals surface area (Å²) < 4.78 is 5.05. The smallest absolute Gasteiger partial charge is 0.291 e. The lowest BCUT2D eigenvalue weighted by atomic mass is 10.2. The maximum Gasteiger partial charge on any atom is 0.291 e. The van der Waals surface area contributed by atoms with Crippen molar-refractivity contribution in [3.63, 3.8) is 0 Å². The molecule has 0 saturated heterocycles. The van der Waals surface area contributed by atoms with E-state index in [-0.39, 0.29) is 11.7 Å². The highest BCUT2D eigenvalue weighted by Crippen LogP contribution is 2.23. The van der Waals surface area contributed by atoms with Gasteiger partial charge in [-0.25, -0.2) is 0 Å². The molecule has 0 spiro atoms. The quantitative estimate of drug-likeness (QED) is 0.489. The van der Waals surface area contributed by atoms with Crippen LogP contribution in [0.1, 0.15) is 10.6 Å². The van der Waals surface area contributed by atoms with Crippen molar-refractivity contribution in [2.75, 3.05) is 16.0 Å². The summed E-state index contributed by atoms with van der Waals surface area (Å²) in [4.78, 5) is 11.9. The largest absolute Gasteiger partial charge is 0.459 e. The predicted octanol–water partition coefficient (Wildman–Crippen LogP) is 5.65. The Morgan fingerprint density at radius 3 is 2.00 bits per heavy atom. The second-order valence-corrected chi connectivity index (χ2v) is 6.53. The van der Waals surface area contributed by atoms with Crippen LogP contribution >= 0.6 is 35.4 Å². The molecule has 0 aliphatic carbocycles. The van der Waals surface area contributed by atoms with Gasteiger partial charge >= 0.3 is 0 Å². The van der Waals surface area contributed by atoms with Crippen LogP contribution in [0, 0.1) is 0 Å². The van der Waals surface area contributed by atoms with E-state index in [0.717, 1.165) is 5.69 Å². The van der Waals surface area contributed by atoms with Gasteiger partial charge in [0.2, 0.25) is 0 Å². The SMILES string of the molecule is O=C(Nc1ccc(NC(=S)Nc2cc(Cl)cc(Cl)c2)cc1)c1ccco1. The number of thiocarbonyl (C=S) groups is 1. The molecule has 0 aliphatic rings. The van der Waals surface area contributed by atoms with E-state index in [2.05, 4.69) is 16.0 Å². The second-order valence-electron chi connectivity index (χ2n) is 5.25. The average molecular weight is 406 g/mol. The van der Waals surface area contributed by atoms with E-state index < -0.39 is 0 Å². The van der Waals surface area contributed by atoms with Crippen LogP contribution in [-0.2, 0) is 0 Å². The number of amides is 1. The molecule has 0 unspecified atom stereocenters. The first-order valence-electron chi connectivity index (χ1n) is 7.48. The molecule has 1 aromatic heterocycles. The average Bonchev–Trinajstić information content (AvgIpc) is 3.10. The van der Waals surface area contributed by atoms with Crippen LogP contribution in [-0.4, -0.2) is 11.0 Å². The van der Waals surface area contributed by atoms with Crippen molar-refractivity contribution >= 4 is 63.5 Å². The molecule has 3 aromatic rings. The molecule has 8 heteroatoms. The maximum absolute atomic E-state index is 11.9. The molecule has 0 aliphatic heterocycles. The van der Waals surface area contributed by atoms with Gasteiger partial charge in [-0.15, -0.1) is 0 Å². The van der Waals surface area contributed by atoms with Gasteiger partial charge in [0.15, 0.2) is 10.9 Å². The summed E-state index contributed by atoms with van der Waals surface area (Å²) in [5.74, 6) is -0.0662. The summed E-state index contributed by atoms with van der Waals surface area (Å²) in [6.07, 6.45) is 1.45. The Bertz CT molecular complexity index is 908. The van der Waals surface area contributed by atoms with Gasteiger partial charge in [-0.3, -0.25) is 4.79 Å². The van der Waals surface area contributed by atoms with E-state index in [0.29, 0.717) is 26.5 Å². The number of rotatable bonds is 4. The topological polar surface area (TPSA) is 66.3 Å². The minimum absolute atomic E-state index is 0.248. The van der Waals surface area contributed by atoms with Gasteiger partial charge < -0.3 is 20.4 Å². The number of hydrogen-bond acceptors (Lipinski definition) is 3. The number of carbonyl (C=O) groups excluding carboxylic acids is 1. The van der Waals surface area contributed by atoms with Crippen LogP contribution in [0.25, 0.3) is 0 Å². The third-order valence-corrected chi connectivity index (χ3v) is 3.91. The zero-order valence-corrected chi connectivity index (χ0v) is 15.6. The molecular formula is C18H13Cl2N3O2S. The molecule has 0 saturated carbocycles. The van der Waals surface area contributed by atoms with E-state index in [1.165, 1.54) is 6.26 Å². The lowest BCUT2D eigenvalue weighted by Crippen LogP contribution is -2.19. The van der Waals surface area contributed by atoms with E-state index in [1.54, 1.807) is 54.6 Å². The summed E-state index contributed by atoms with van der Waals surface area (Å²) in [6, 6.07) is 15.4. The molecule has 0 atom stereocenters. The van der Waals surface area contributed by atoms with Gasteiger partial charge in [-0.1, -0.05) is 23.2 Å². The Labute approximate surface area is 165 Å². The highest BCUT2D eigenvalue weighted by Gasteiger charge is 2.08. The Balaban J connectivity index is 1.58. The van der Waals surface area contributed by atoms with Gasteiger partial charge in [0.1, 0.15) is 0 Å². The Morgan fingerprint density at radius 1 is 0.846 bits per heavy atom. The monoisotopic (exact) mass is 405 g/mol. The molecule has 0 radical (unpaired) electrons. The number of furan rings is 1. The van der Waals surface area contributed by atoms with E-state index in [1.807, 2.05) is 0 Å². The molecule has 3 N–H and O–H groups in total. The van der Waals surface area contributed by atoms with Crippen LogP contribution in [0.5, 0.6) is 0 Å². The lowest BCUT2D eigenvalue weighted by Gasteiger charge is -2.12. The normalized spacial score (nSPS) is 10.2. The first kappa shape index (κ1) is 18.3. The van der Waals surface area contributed by atoms with Crippen molar-refractivity contribution in [2.45, 2.75) is 0 Å². The molecule has 26 heavy (non-hydrogen) atoms. The molecular weight excluding hydrogens is 393 g/mol. The molecule has 0 fully saturated rings. The summed E-state index contributed by atoms with van der Waals surface area (Å²) in [5.41, 5.74) is 2.08. The summed E-state index contributed by atoms with van der Waals surface area (Å²) >= 11 is 17.2. The van der Waals surface area contributed by atoms with Gasteiger partial charge in [-0.05, 0) is 66.8 Å².